The lowest BCUT2D eigenvalue weighted by Crippen LogP contribution is -2.16. The van der Waals surface area contributed by atoms with Gasteiger partial charge < -0.3 is 20.3 Å². The van der Waals surface area contributed by atoms with Gasteiger partial charge in [0.2, 0.25) is 0 Å². The monoisotopic (exact) mass is 287 g/mol. The van der Waals surface area contributed by atoms with Crippen molar-refractivity contribution in [3.8, 4) is 11.5 Å². The van der Waals surface area contributed by atoms with Crippen LogP contribution in [0.3, 0.4) is 0 Å². The number of ether oxygens (including phenoxy) is 2. The first-order valence-corrected chi connectivity index (χ1v) is 6.07. The van der Waals surface area contributed by atoms with Gasteiger partial charge in [-0.3, -0.25) is 0 Å². The van der Waals surface area contributed by atoms with Crippen molar-refractivity contribution in [2.24, 2.45) is 5.73 Å². The number of hydrogen-bond acceptors (Lipinski definition) is 5. The van der Waals surface area contributed by atoms with Gasteiger partial charge in [0.1, 0.15) is 23.7 Å². The summed E-state index contributed by atoms with van der Waals surface area (Å²) in [4.78, 5) is 22.6. The van der Waals surface area contributed by atoms with E-state index in [0.717, 1.165) is 5.56 Å². The molecule has 0 radical (unpaired) electrons. The molecule has 2 rings (SSSR count). The number of nitrogens with two attached hydrogens (primary N) is 1. The molecule has 0 unspecified atom stereocenters. The number of benzene rings is 2. The van der Waals surface area contributed by atoms with Crippen LogP contribution in [0.15, 0.2) is 48.5 Å². The van der Waals surface area contributed by atoms with E-state index >= 15 is 0 Å². The second-order valence-electron chi connectivity index (χ2n) is 4.16. The zero-order valence-electron chi connectivity index (χ0n) is 11.0. The molecule has 0 aliphatic carbocycles. The van der Waals surface area contributed by atoms with Crippen LogP contribution >= 0.6 is 0 Å². The number of phenolic OH excluding ortho intramolecular Hbond substituents is 1. The molecule has 0 fully saturated rings. The van der Waals surface area contributed by atoms with Crippen LogP contribution in [-0.4, -0.2) is 17.2 Å². The Kier molecular flexibility index (Phi) is 4.40. The van der Waals surface area contributed by atoms with E-state index in [-0.39, 0.29) is 23.7 Å². The molecule has 0 saturated heterocycles. The number of amides is 1. The van der Waals surface area contributed by atoms with Crippen LogP contribution in [-0.2, 0) is 11.3 Å². The summed E-state index contributed by atoms with van der Waals surface area (Å²) >= 11 is 0. The lowest BCUT2D eigenvalue weighted by Gasteiger charge is -2.08. The van der Waals surface area contributed by atoms with Crippen molar-refractivity contribution < 1.29 is 24.2 Å². The minimum absolute atomic E-state index is 0.0481. The standard InChI is InChI=1S/C15H13NO5/c16-15(19)21-11-6-7-13(17)12(8-11)14(18)20-9-10-4-2-1-3-5-10/h1-8,17H,9H2,(H2,16,19). The second-order valence-corrected chi connectivity index (χ2v) is 4.16. The molecule has 6 heteroatoms. The molecule has 0 aromatic heterocycles. The normalized spacial score (nSPS) is 9.90. The van der Waals surface area contributed by atoms with E-state index in [1.165, 1.54) is 18.2 Å². The number of primary amides is 1. The third-order valence-electron chi connectivity index (χ3n) is 2.62. The largest absolute Gasteiger partial charge is 0.507 e. The van der Waals surface area contributed by atoms with E-state index in [1.807, 2.05) is 18.2 Å². The number of carbonyl (C=O) groups excluding carboxylic acids is 2. The molecule has 0 heterocycles. The first-order chi connectivity index (χ1) is 10.1. The zero-order chi connectivity index (χ0) is 15.2. The van der Waals surface area contributed by atoms with Crippen molar-refractivity contribution >= 4 is 12.1 Å². The maximum absolute atomic E-state index is 11.9. The molecule has 0 spiro atoms. The Morgan fingerprint density at radius 2 is 1.81 bits per heavy atom. The van der Waals surface area contributed by atoms with E-state index in [2.05, 4.69) is 4.74 Å². The quantitative estimate of drug-likeness (QED) is 0.840. The lowest BCUT2D eigenvalue weighted by atomic mass is 10.2. The summed E-state index contributed by atoms with van der Waals surface area (Å²) in [7, 11) is 0. The van der Waals surface area contributed by atoms with Gasteiger partial charge in [-0.2, -0.15) is 0 Å². The third kappa shape index (κ3) is 3.97. The molecule has 21 heavy (non-hydrogen) atoms. The summed E-state index contributed by atoms with van der Waals surface area (Å²) in [5.41, 5.74) is 5.59. The van der Waals surface area contributed by atoms with E-state index < -0.39 is 12.1 Å². The van der Waals surface area contributed by atoms with E-state index in [9.17, 15) is 14.7 Å². The summed E-state index contributed by atoms with van der Waals surface area (Å²) in [6, 6.07) is 12.8. The Labute approximate surface area is 120 Å². The highest BCUT2D eigenvalue weighted by atomic mass is 16.5. The summed E-state index contributed by atoms with van der Waals surface area (Å²) in [5.74, 6) is -0.955. The van der Waals surface area contributed by atoms with Crippen LogP contribution in [0.5, 0.6) is 11.5 Å². The van der Waals surface area contributed by atoms with Gasteiger partial charge in [-0.25, -0.2) is 9.59 Å². The molecule has 2 aromatic carbocycles. The Morgan fingerprint density at radius 3 is 2.48 bits per heavy atom. The van der Waals surface area contributed by atoms with Crippen LogP contribution in [0.2, 0.25) is 0 Å². The Bertz CT molecular complexity index is 654. The summed E-state index contributed by atoms with van der Waals surface area (Å²) in [6.07, 6.45) is -1.01. The third-order valence-corrected chi connectivity index (χ3v) is 2.62. The van der Waals surface area contributed by atoms with Gasteiger partial charge in [0.05, 0.1) is 0 Å². The topological polar surface area (TPSA) is 98.9 Å². The van der Waals surface area contributed by atoms with Crippen molar-refractivity contribution in [1.29, 1.82) is 0 Å². The molecule has 0 saturated carbocycles. The molecule has 0 aliphatic heterocycles. The van der Waals surface area contributed by atoms with Crippen LogP contribution in [0.25, 0.3) is 0 Å². The van der Waals surface area contributed by atoms with Crippen LogP contribution < -0.4 is 10.5 Å². The average Bonchev–Trinajstić information content (AvgIpc) is 2.47. The average molecular weight is 287 g/mol. The number of hydrogen-bond donors (Lipinski definition) is 2. The Morgan fingerprint density at radius 1 is 1.10 bits per heavy atom. The fraction of sp³-hybridized carbons (Fsp3) is 0.0667. The molecular formula is C15H13NO5. The van der Waals surface area contributed by atoms with Crippen molar-refractivity contribution in [2.75, 3.05) is 0 Å². The highest BCUT2D eigenvalue weighted by Crippen LogP contribution is 2.24. The van der Waals surface area contributed by atoms with Crippen molar-refractivity contribution in [2.45, 2.75) is 6.61 Å². The zero-order valence-corrected chi connectivity index (χ0v) is 11.0. The maximum Gasteiger partial charge on any atom is 0.409 e. The molecule has 0 bridgehead atoms. The molecule has 0 atom stereocenters. The summed E-state index contributed by atoms with van der Waals surface area (Å²) in [6.45, 7) is 0.0695. The van der Waals surface area contributed by atoms with Gasteiger partial charge in [0.25, 0.3) is 0 Å². The first kappa shape index (κ1) is 14.4. The van der Waals surface area contributed by atoms with Crippen molar-refractivity contribution in [1.82, 2.24) is 0 Å². The maximum atomic E-state index is 11.9. The fourth-order valence-corrected chi connectivity index (χ4v) is 1.66. The minimum atomic E-state index is -1.01. The van der Waals surface area contributed by atoms with Gasteiger partial charge in [-0.1, -0.05) is 30.3 Å². The Hall–Kier alpha value is -3.02. The molecular weight excluding hydrogens is 274 g/mol. The smallest absolute Gasteiger partial charge is 0.409 e. The number of aromatic hydroxyl groups is 1. The SMILES string of the molecule is NC(=O)Oc1ccc(O)c(C(=O)OCc2ccccc2)c1. The van der Waals surface area contributed by atoms with Crippen molar-refractivity contribution in [3.05, 3.63) is 59.7 Å². The summed E-state index contributed by atoms with van der Waals surface area (Å²) < 4.78 is 9.73. The van der Waals surface area contributed by atoms with Gasteiger partial charge >= 0.3 is 12.1 Å². The number of esters is 1. The lowest BCUT2D eigenvalue weighted by molar-refractivity contribution is 0.0469. The minimum Gasteiger partial charge on any atom is -0.507 e. The molecule has 1 amide bonds. The van der Waals surface area contributed by atoms with Crippen LogP contribution in [0.1, 0.15) is 15.9 Å². The number of rotatable bonds is 4. The van der Waals surface area contributed by atoms with Gasteiger partial charge in [0, 0.05) is 0 Å². The highest BCUT2D eigenvalue weighted by molar-refractivity contribution is 5.93. The molecule has 6 nitrogen and oxygen atoms in total. The predicted molar refractivity (Wildman–Crippen MR) is 73.9 cm³/mol. The van der Waals surface area contributed by atoms with E-state index in [1.54, 1.807) is 12.1 Å². The van der Waals surface area contributed by atoms with E-state index in [4.69, 9.17) is 10.5 Å². The second kappa shape index (κ2) is 6.42. The Balaban J connectivity index is 2.09. The van der Waals surface area contributed by atoms with E-state index in [0.29, 0.717) is 0 Å². The van der Waals surface area contributed by atoms with Crippen molar-refractivity contribution in [3.63, 3.8) is 0 Å². The molecule has 2 aromatic rings. The van der Waals surface area contributed by atoms with Gasteiger partial charge in [0.15, 0.2) is 0 Å². The van der Waals surface area contributed by atoms with Crippen LogP contribution in [0, 0.1) is 0 Å². The first-order valence-electron chi connectivity index (χ1n) is 6.07. The molecule has 108 valence electrons. The van der Waals surface area contributed by atoms with Gasteiger partial charge in [-0.15, -0.1) is 0 Å². The summed E-state index contributed by atoms with van der Waals surface area (Å²) in [5, 5.41) is 9.66. The number of phenols is 1. The fourth-order valence-electron chi connectivity index (χ4n) is 1.66. The highest BCUT2D eigenvalue weighted by Gasteiger charge is 2.15. The molecule has 0 aliphatic rings. The predicted octanol–water partition coefficient (Wildman–Crippen LogP) is 2.21. The molecule has 3 N–H and O–H groups in total. The van der Waals surface area contributed by atoms with Crippen LogP contribution in [0.4, 0.5) is 4.79 Å². The number of carbonyl (C=O) groups is 2. The van der Waals surface area contributed by atoms with Gasteiger partial charge in [-0.05, 0) is 23.8 Å².